The zero-order chi connectivity index (χ0) is 11.1. The van der Waals surface area contributed by atoms with Crippen molar-refractivity contribution in [2.45, 2.75) is 31.9 Å². The molecule has 1 aromatic rings. The van der Waals surface area contributed by atoms with Gasteiger partial charge in [0.05, 0.1) is 6.10 Å². The molecule has 0 radical (unpaired) electrons. The summed E-state index contributed by atoms with van der Waals surface area (Å²) in [6.45, 7) is 2.07. The molecule has 3 nitrogen and oxygen atoms in total. The van der Waals surface area contributed by atoms with Gasteiger partial charge < -0.3 is 4.74 Å². The standard InChI is InChI=1S/C12H20N2O/c1-10(15-2)8-9-12(14-13)11-6-4-3-5-7-11/h3-7,10,12,14H,8-9,13H2,1-2H3. The second-order valence-corrected chi connectivity index (χ2v) is 3.75. The van der Waals surface area contributed by atoms with Crippen LogP contribution in [-0.2, 0) is 4.74 Å². The molecule has 0 bridgehead atoms. The fraction of sp³-hybridized carbons (Fsp3) is 0.500. The zero-order valence-corrected chi connectivity index (χ0v) is 9.44. The molecule has 3 N–H and O–H groups in total. The SMILES string of the molecule is COC(C)CCC(NN)c1ccccc1. The number of ether oxygens (including phenoxy) is 1. The lowest BCUT2D eigenvalue weighted by atomic mass is 10.0. The van der Waals surface area contributed by atoms with Crippen LogP contribution in [0.15, 0.2) is 30.3 Å². The van der Waals surface area contributed by atoms with E-state index in [9.17, 15) is 0 Å². The average molecular weight is 208 g/mol. The molecule has 2 unspecified atom stereocenters. The van der Waals surface area contributed by atoms with E-state index in [1.807, 2.05) is 18.2 Å². The Balaban J connectivity index is 2.50. The first-order valence-electron chi connectivity index (χ1n) is 5.31. The molecule has 3 heteroatoms. The van der Waals surface area contributed by atoms with E-state index in [0.29, 0.717) is 0 Å². The summed E-state index contributed by atoms with van der Waals surface area (Å²) in [6, 6.07) is 10.4. The van der Waals surface area contributed by atoms with Crippen LogP contribution in [0.1, 0.15) is 31.4 Å². The lowest BCUT2D eigenvalue weighted by Crippen LogP contribution is -2.28. The summed E-state index contributed by atoms with van der Waals surface area (Å²) in [4.78, 5) is 0. The van der Waals surface area contributed by atoms with Crippen molar-refractivity contribution >= 4 is 0 Å². The number of methoxy groups -OCH3 is 1. The lowest BCUT2D eigenvalue weighted by molar-refractivity contribution is 0.106. The molecule has 0 aliphatic rings. The maximum Gasteiger partial charge on any atom is 0.0543 e. The molecule has 0 aromatic heterocycles. The van der Waals surface area contributed by atoms with Crippen LogP contribution < -0.4 is 11.3 Å². The monoisotopic (exact) mass is 208 g/mol. The Hall–Kier alpha value is -0.900. The minimum Gasteiger partial charge on any atom is -0.382 e. The van der Waals surface area contributed by atoms with Gasteiger partial charge >= 0.3 is 0 Å². The second kappa shape index (κ2) is 6.56. The van der Waals surface area contributed by atoms with Crippen LogP contribution in [0.5, 0.6) is 0 Å². The van der Waals surface area contributed by atoms with Crippen LogP contribution in [-0.4, -0.2) is 13.2 Å². The first-order chi connectivity index (χ1) is 7.27. The summed E-state index contributed by atoms with van der Waals surface area (Å²) >= 11 is 0. The Morgan fingerprint density at radius 1 is 1.27 bits per heavy atom. The van der Waals surface area contributed by atoms with Gasteiger partial charge in [0.2, 0.25) is 0 Å². The van der Waals surface area contributed by atoms with Gasteiger partial charge in [0.25, 0.3) is 0 Å². The van der Waals surface area contributed by atoms with Crippen molar-refractivity contribution in [2.24, 2.45) is 5.84 Å². The number of hydrazine groups is 1. The van der Waals surface area contributed by atoms with E-state index in [-0.39, 0.29) is 12.1 Å². The quantitative estimate of drug-likeness (QED) is 0.555. The number of nitrogens with two attached hydrogens (primary N) is 1. The number of rotatable bonds is 6. The van der Waals surface area contributed by atoms with E-state index in [2.05, 4.69) is 24.5 Å². The van der Waals surface area contributed by atoms with Gasteiger partial charge in [-0.25, -0.2) is 0 Å². The number of hydrogen-bond donors (Lipinski definition) is 2. The van der Waals surface area contributed by atoms with Crippen molar-refractivity contribution in [1.29, 1.82) is 0 Å². The molecule has 0 heterocycles. The van der Waals surface area contributed by atoms with E-state index in [1.54, 1.807) is 7.11 Å². The first kappa shape index (κ1) is 12.2. The first-order valence-corrected chi connectivity index (χ1v) is 5.31. The van der Waals surface area contributed by atoms with Gasteiger partial charge in [-0.3, -0.25) is 11.3 Å². The summed E-state index contributed by atoms with van der Waals surface area (Å²) in [5.41, 5.74) is 4.07. The van der Waals surface area contributed by atoms with Crippen molar-refractivity contribution in [2.75, 3.05) is 7.11 Å². The third-order valence-electron chi connectivity index (χ3n) is 2.67. The van der Waals surface area contributed by atoms with Crippen LogP contribution in [0.25, 0.3) is 0 Å². The Morgan fingerprint density at radius 3 is 2.47 bits per heavy atom. The predicted molar refractivity (Wildman–Crippen MR) is 62.2 cm³/mol. The van der Waals surface area contributed by atoms with Gasteiger partial charge in [0.15, 0.2) is 0 Å². The van der Waals surface area contributed by atoms with E-state index in [0.717, 1.165) is 12.8 Å². The van der Waals surface area contributed by atoms with Gasteiger partial charge in [-0.1, -0.05) is 30.3 Å². The fourth-order valence-electron chi connectivity index (χ4n) is 1.55. The van der Waals surface area contributed by atoms with Crippen molar-refractivity contribution < 1.29 is 4.74 Å². The summed E-state index contributed by atoms with van der Waals surface area (Å²) in [5, 5.41) is 0. The molecule has 15 heavy (non-hydrogen) atoms. The molecule has 0 aliphatic carbocycles. The maximum absolute atomic E-state index is 5.54. The van der Waals surface area contributed by atoms with Gasteiger partial charge in [0.1, 0.15) is 0 Å². The van der Waals surface area contributed by atoms with Crippen LogP contribution in [0.3, 0.4) is 0 Å². The van der Waals surface area contributed by atoms with Gasteiger partial charge in [0, 0.05) is 13.2 Å². The van der Waals surface area contributed by atoms with Gasteiger partial charge in [-0.2, -0.15) is 0 Å². The summed E-state index contributed by atoms with van der Waals surface area (Å²) in [6.07, 6.45) is 2.26. The minimum atomic E-state index is 0.212. The fourth-order valence-corrected chi connectivity index (χ4v) is 1.55. The van der Waals surface area contributed by atoms with E-state index in [4.69, 9.17) is 10.6 Å². The predicted octanol–water partition coefficient (Wildman–Crippen LogP) is 2.01. The van der Waals surface area contributed by atoms with Gasteiger partial charge in [-0.05, 0) is 25.3 Å². The normalized spacial score (nSPS) is 14.9. The van der Waals surface area contributed by atoms with Crippen LogP contribution in [0.2, 0.25) is 0 Å². The molecule has 0 amide bonds. The Labute approximate surface area is 91.6 Å². The molecular formula is C12H20N2O. The van der Waals surface area contributed by atoms with E-state index < -0.39 is 0 Å². The molecule has 1 rings (SSSR count). The van der Waals surface area contributed by atoms with Crippen molar-refractivity contribution in [3.05, 3.63) is 35.9 Å². The highest BCUT2D eigenvalue weighted by atomic mass is 16.5. The van der Waals surface area contributed by atoms with E-state index in [1.165, 1.54) is 5.56 Å². The van der Waals surface area contributed by atoms with Crippen molar-refractivity contribution in [1.82, 2.24) is 5.43 Å². The molecular weight excluding hydrogens is 188 g/mol. The third kappa shape index (κ3) is 4.00. The highest BCUT2D eigenvalue weighted by molar-refractivity contribution is 5.18. The van der Waals surface area contributed by atoms with Crippen LogP contribution in [0, 0.1) is 0 Å². The third-order valence-corrected chi connectivity index (χ3v) is 2.67. The smallest absolute Gasteiger partial charge is 0.0543 e. The summed E-state index contributed by atoms with van der Waals surface area (Å²) in [5.74, 6) is 5.54. The summed E-state index contributed by atoms with van der Waals surface area (Å²) < 4.78 is 5.21. The van der Waals surface area contributed by atoms with Crippen molar-refractivity contribution in [3.8, 4) is 0 Å². The van der Waals surface area contributed by atoms with Gasteiger partial charge in [-0.15, -0.1) is 0 Å². The lowest BCUT2D eigenvalue weighted by Gasteiger charge is -2.18. The number of nitrogens with one attached hydrogen (secondary N) is 1. The average Bonchev–Trinajstić information content (AvgIpc) is 2.31. The highest BCUT2D eigenvalue weighted by Gasteiger charge is 2.10. The summed E-state index contributed by atoms with van der Waals surface area (Å²) in [7, 11) is 1.73. The van der Waals surface area contributed by atoms with Crippen LogP contribution in [0.4, 0.5) is 0 Å². The Morgan fingerprint density at radius 2 is 1.93 bits per heavy atom. The zero-order valence-electron chi connectivity index (χ0n) is 9.44. The molecule has 0 spiro atoms. The molecule has 2 atom stereocenters. The largest absolute Gasteiger partial charge is 0.382 e. The number of hydrogen-bond acceptors (Lipinski definition) is 3. The molecule has 0 aliphatic heterocycles. The maximum atomic E-state index is 5.54. The molecule has 1 aromatic carbocycles. The Bertz CT molecular complexity index is 264. The second-order valence-electron chi connectivity index (χ2n) is 3.75. The number of benzene rings is 1. The Kier molecular flexibility index (Phi) is 5.32. The molecule has 0 saturated carbocycles. The highest BCUT2D eigenvalue weighted by Crippen LogP contribution is 2.18. The molecule has 0 saturated heterocycles. The van der Waals surface area contributed by atoms with Crippen LogP contribution >= 0.6 is 0 Å². The van der Waals surface area contributed by atoms with Crippen molar-refractivity contribution in [3.63, 3.8) is 0 Å². The minimum absolute atomic E-state index is 0.212. The van der Waals surface area contributed by atoms with E-state index >= 15 is 0 Å². The molecule has 84 valence electrons. The molecule has 0 fully saturated rings. The topological polar surface area (TPSA) is 47.3 Å².